The molecule has 0 aliphatic heterocycles. The van der Waals surface area contributed by atoms with Crippen molar-refractivity contribution in [1.29, 1.82) is 0 Å². The van der Waals surface area contributed by atoms with Gasteiger partial charge in [-0.2, -0.15) is 0 Å². The third-order valence-corrected chi connectivity index (χ3v) is 3.53. The molecule has 0 atom stereocenters. The molecule has 0 aromatic carbocycles. The SMILES string of the molecule is CC(C)CCC(=O)NCC(=O)NC1CCC(N)CC1. The van der Waals surface area contributed by atoms with Crippen LogP contribution in [0, 0.1) is 5.92 Å². The van der Waals surface area contributed by atoms with E-state index < -0.39 is 0 Å². The first-order valence-corrected chi connectivity index (χ1v) is 7.29. The van der Waals surface area contributed by atoms with Gasteiger partial charge in [-0.05, 0) is 38.0 Å². The molecule has 0 radical (unpaired) electrons. The number of nitrogens with two attached hydrogens (primary N) is 1. The van der Waals surface area contributed by atoms with Gasteiger partial charge < -0.3 is 16.4 Å². The summed E-state index contributed by atoms with van der Waals surface area (Å²) in [5.41, 5.74) is 5.81. The molecule has 5 nitrogen and oxygen atoms in total. The molecule has 110 valence electrons. The van der Waals surface area contributed by atoms with Crippen LogP contribution in [0.25, 0.3) is 0 Å². The van der Waals surface area contributed by atoms with Crippen molar-refractivity contribution in [3.63, 3.8) is 0 Å². The maximum Gasteiger partial charge on any atom is 0.239 e. The minimum atomic E-state index is -0.0987. The molecular weight excluding hydrogens is 242 g/mol. The van der Waals surface area contributed by atoms with Gasteiger partial charge in [0.05, 0.1) is 6.54 Å². The molecule has 0 aromatic heterocycles. The highest BCUT2D eigenvalue weighted by molar-refractivity contribution is 5.84. The molecule has 0 heterocycles. The molecule has 1 fully saturated rings. The Morgan fingerprint density at radius 1 is 1.16 bits per heavy atom. The predicted octanol–water partition coefficient (Wildman–Crippen LogP) is 0.925. The Labute approximate surface area is 115 Å². The zero-order chi connectivity index (χ0) is 14.3. The summed E-state index contributed by atoms with van der Waals surface area (Å²) >= 11 is 0. The number of hydrogen-bond donors (Lipinski definition) is 3. The van der Waals surface area contributed by atoms with E-state index in [0.717, 1.165) is 32.1 Å². The van der Waals surface area contributed by atoms with E-state index >= 15 is 0 Å². The van der Waals surface area contributed by atoms with Crippen LogP contribution in [-0.4, -0.2) is 30.4 Å². The van der Waals surface area contributed by atoms with Crippen LogP contribution in [0.3, 0.4) is 0 Å². The Kier molecular flexibility index (Phi) is 6.84. The van der Waals surface area contributed by atoms with Crippen molar-refractivity contribution < 1.29 is 9.59 Å². The van der Waals surface area contributed by atoms with Crippen molar-refractivity contribution in [2.45, 2.75) is 64.5 Å². The van der Waals surface area contributed by atoms with Gasteiger partial charge in [0.1, 0.15) is 0 Å². The molecule has 1 saturated carbocycles. The lowest BCUT2D eigenvalue weighted by molar-refractivity contribution is -0.126. The monoisotopic (exact) mass is 269 g/mol. The molecule has 0 bridgehead atoms. The van der Waals surface area contributed by atoms with Gasteiger partial charge >= 0.3 is 0 Å². The van der Waals surface area contributed by atoms with Crippen molar-refractivity contribution in [2.75, 3.05) is 6.54 Å². The lowest BCUT2D eigenvalue weighted by Gasteiger charge is -2.26. The minimum absolute atomic E-state index is 0.0467. The molecule has 0 aromatic rings. The molecule has 19 heavy (non-hydrogen) atoms. The van der Waals surface area contributed by atoms with Crippen LogP contribution in [0.4, 0.5) is 0 Å². The summed E-state index contributed by atoms with van der Waals surface area (Å²) in [6.07, 6.45) is 5.15. The summed E-state index contributed by atoms with van der Waals surface area (Å²) < 4.78 is 0. The normalized spacial score (nSPS) is 23.2. The van der Waals surface area contributed by atoms with Crippen LogP contribution in [0.2, 0.25) is 0 Å². The van der Waals surface area contributed by atoms with Gasteiger partial charge in [0, 0.05) is 18.5 Å². The minimum Gasteiger partial charge on any atom is -0.352 e. The lowest BCUT2D eigenvalue weighted by atomic mass is 9.92. The van der Waals surface area contributed by atoms with Crippen LogP contribution >= 0.6 is 0 Å². The Morgan fingerprint density at radius 2 is 1.79 bits per heavy atom. The Morgan fingerprint density at radius 3 is 2.37 bits per heavy atom. The molecule has 0 spiro atoms. The molecular formula is C14H27N3O2. The second-order valence-electron chi connectivity index (χ2n) is 5.89. The first-order valence-electron chi connectivity index (χ1n) is 7.29. The average molecular weight is 269 g/mol. The van der Waals surface area contributed by atoms with Crippen molar-refractivity contribution >= 4 is 11.8 Å². The van der Waals surface area contributed by atoms with Crippen LogP contribution in [0.5, 0.6) is 0 Å². The number of nitrogens with one attached hydrogen (secondary N) is 2. The quantitative estimate of drug-likeness (QED) is 0.670. The van der Waals surface area contributed by atoms with E-state index in [1.165, 1.54) is 0 Å². The molecule has 4 N–H and O–H groups in total. The van der Waals surface area contributed by atoms with Crippen molar-refractivity contribution in [1.82, 2.24) is 10.6 Å². The maximum absolute atomic E-state index is 11.7. The van der Waals surface area contributed by atoms with Crippen LogP contribution in [0.1, 0.15) is 52.4 Å². The largest absolute Gasteiger partial charge is 0.352 e. The van der Waals surface area contributed by atoms with Crippen LogP contribution < -0.4 is 16.4 Å². The molecule has 2 amide bonds. The first kappa shape index (κ1) is 16.0. The molecule has 5 heteroatoms. The Balaban J connectivity index is 2.12. The van der Waals surface area contributed by atoms with Gasteiger partial charge in [-0.3, -0.25) is 9.59 Å². The first-order chi connectivity index (χ1) is 8.97. The van der Waals surface area contributed by atoms with E-state index in [-0.39, 0.29) is 30.4 Å². The molecule has 0 unspecified atom stereocenters. The molecule has 1 aliphatic carbocycles. The van der Waals surface area contributed by atoms with Gasteiger partial charge in [-0.1, -0.05) is 13.8 Å². The number of hydrogen-bond acceptors (Lipinski definition) is 3. The highest BCUT2D eigenvalue weighted by Gasteiger charge is 2.19. The second-order valence-corrected chi connectivity index (χ2v) is 5.89. The van der Waals surface area contributed by atoms with E-state index in [0.29, 0.717) is 12.3 Å². The maximum atomic E-state index is 11.7. The van der Waals surface area contributed by atoms with Gasteiger partial charge in [-0.15, -0.1) is 0 Å². The summed E-state index contributed by atoms with van der Waals surface area (Å²) in [4.78, 5) is 23.2. The van der Waals surface area contributed by atoms with E-state index in [2.05, 4.69) is 24.5 Å². The molecule has 1 aliphatic rings. The number of carbonyl (C=O) groups excluding carboxylic acids is 2. The third kappa shape index (κ3) is 7.15. The molecule has 0 saturated heterocycles. The lowest BCUT2D eigenvalue weighted by Crippen LogP contribution is -2.44. The van der Waals surface area contributed by atoms with Crippen molar-refractivity contribution in [2.24, 2.45) is 11.7 Å². The fraction of sp³-hybridized carbons (Fsp3) is 0.857. The number of amides is 2. The van der Waals surface area contributed by atoms with Crippen LogP contribution in [-0.2, 0) is 9.59 Å². The molecule has 1 rings (SSSR count). The zero-order valence-corrected chi connectivity index (χ0v) is 12.1. The topological polar surface area (TPSA) is 84.2 Å². The van der Waals surface area contributed by atoms with Crippen LogP contribution in [0.15, 0.2) is 0 Å². The van der Waals surface area contributed by atoms with E-state index in [1.807, 2.05) is 0 Å². The summed E-state index contributed by atoms with van der Waals surface area (Å²) in [7, 11) is 0. The van der Waals surface area contributed by atoms with Gasteiger partial charge in [0.15, 0.2) is 0 Å². The predicted molar refractivity (Wildman–Crippen MR) is 75.5 cm³/mol. The summed E-state index contributed by atoms with van der Waals surface area (Å²) in [5, 5.41) is 5.61. The van der Waals surface area contributed by atoms with E-state index in [1.54, 1.807) is 0 Å². The standard InChI is InChI=1S/C14H27N3O2/c1-10(2)3-8-13(18)16-9-14(19)17-12-6-4-11(15)5-7-12/h10-12H,3-9,15H2,1-2H3,(H,16,18)(H,17,19). The fourth-order valence-electron chi connectivity index (χ4n) is 2.23. The van der Waals surface area contributed by atoms with Gasteiger partial charge in [-0.25, -0.2) is 0 Å². The smallest absolute Gasteiger partial charge is 0.239 e. The fourth-order valence-corrected chi connectivity index (χ4v) is 2.23. The summed E-state index contributed by atoms with van der Waals surface area (Å²) in [5.74, 6) is 0.360. The van der Waals surface area contributed by atoms with Crippen molar-refractivity contribution in [3.8, 4) is 0 Å². The summed E-state index contributed by atoms with van der Waals surface area (Å²) in [6.45, 7) is 4.24. The second kappa shape index (κ2) is 8.15. The average Bonchev–Trinajstić information content (AvgIpc) is 2.36. The van der Waals surface area contributed by atoms with E-state index in [9.17, 15) is 9.59 Å². The summed E-state index contributed by atoms with van der Waals surface area (Å²) in [6, 6.07) is 0.503. The highest BCUT2D eigenvalue weighted by atomic mass is 16.2. The Hall–Kier alpha value is -1.10. The Bertz CT molecular complexity index is 297. The van der Waals surface area contributed by atoms with Gasteiger partial charge in [0.25, 0.3) is 0 Å². The highest BCUT2D eigenvalue weighted by Crippen LogP contribution is 2.16. The van der Waals surface area contributed by atoms with Crippen molar-refractivity contribution in [3.05, 3.63) is 0 Å². The number of carbonyl (C=O) groups is 2. The number of rotatable bonds is 6. The third-order valence-electron chi connectivity index (χ3n) is 3.53. The van der Waals surface area contributed by atoms with Gasteiger partial charge in [0.2, 0.25) is 11.8 Å². The zero-order valence-electron chi connectivity index (χ0n) is 12.1. The van der Waals surface area contributed by atoms with E-state index in [4.69, 9.17) is 5.73 Å².